The standard InChI is InChI=1S/C14H17F2N5O/c1-9(14-17-19-20-18-14)8-21(2)13(22)6-4-10-3-5-11(15)7-12(10)16/h3,5,7,9H,4,6,8H2,1-2H3,(H,17,18,19,20)/t9-/m1/s1. The molecule has 0 fully saturated rings. The summed E-state index contributed by atoms with van der Waals surface area (Å²) < 4.78 is 26.3. The second-order valence-corrected chi connectivity index (χ2v) is 5.18. The van der Waals surface area contributed by atoms with Gasteiger partial charge in [-0.3, -0.25) is 4.79 Å². The molecule has 1 amide bonds. The number of hydrogen-bond acceptors (Lipinski definition) is 4. The van der Waals surface area contributed by atoms with Crippen LogP contribution in [-0.4, -0.2) is 45.0 Å². The van der Waals surface area contributed by atoms with Crippen molar-refractivity contribution >= 4 is 5.91 Å². The summed E-state index contributed by atoms with van der Waals surface area (Å²) >= 11 is 0. The molecule has 0 radical (unpaired) electrons. The fraction of sp³-hybridized carbons (Fsp3) is 0.429. The molecule has 0 aliphatic heterocycles. The fourth-order valence-corrected chi connectivity index (χ4v) is 2.13. The number of likely N-dealkylation sites (N-methyl/N-ethyl adjacent to an activating group) is 1. The lowest BCUT2D eigenvalue weighted by molar-refractivity contribution is -0.130. The number of benzene rings is 1. The quantitative estimate of drug-likeness (QED) is 0.881. The van der Waals surface area contributed by atoms with E-state index in [1.165, 1.54) is 12.1 Å². The Morgan fingerprint density at radius 1 is 1.41 bits per heavy atom. The molecule has 1 aromatic carbocycles. The molecular formula is C14H17F2N5O. The normalized spacial score (nSPS) is 12.2. The summed E-state index contributed by atoms with van der Waals surface area (Å²) in [6.45, 7) is 2.32. The minimum Gasteiger partial charge on any atom is -0.345 e. The highest BCUT2D eigenvalue weighted by atomic mass is 19.1. The Balaban J connectivity index is 1.86. The number of nitrogens with one attached hydrogen (secondary N) is 1. The maximum Gasteiger partial charge on any atom is 0.222 e. The highest BCUT2D eigenvalue weighted by molar-refractivity contribution is 5.76. The number of aryl methyl sites for hydroxylation is 1. The fourth-order valence-electron chi connectivity index (χ4n) is 2.13. The van der Waals surface area contributed by atoms with E-state index in [2.05, 4.69) is 20.6 Å². The number of nitrogens with zero attached hydrogens (tertiary/aromatic N) is 4. The number of carbonyl (C=O) groups is 1. The lowest BCUT2D eigenvalue weighted by Crippen LogP contribution is -2.30. The van der Waals surface area contributed by atoms with E-state index < -0.39 is 11.6 Å². The summed E-state index contributed by atoms with van der Waals surface area (Å²) in [6, 6.07) is 3.37. The van der Waals surface area contributed by atoms with Crippen LogP contribution in [0, 0.1) is 11.6 Å². The predicted molar refractivity (Wildman–Crippen MR) is 74.9 cm³/mol. The second kappa shape index (κ2) is 7.06. The third-order valence-corrected chi connectivity index (χ3v) is 3.40. The van der Waals surface area contributed by atoms with Crippen LogP contribution < -0.4 is 0 Å². The molecule has 2 rings (SSSR count). The Bertz CT molecular complexity index is 632. The van der Waals surface area contributed by atoms with Gasteiger partial charge < -0.3 is 4.90 Å². The van der Waals surface area contributed by atoms with E-state index in [4.69, 9.17) is 0 Å². The minimum atomic E-state index is -0.629. The monoisotopic (exact) mass is 309 g/mol. The van der Waals surface area contributed by atoms with Crippen molar-refractivity contribution < 1.29 is 13.6 Å². The third kappa shape index (κ3) is 4.06. The van der Waals surface area contributed by atoms with Gasteiger partial charge in [-0.2, -0.15) is 5.21 Å². The van der Waals surface area contributed by atoms with Crippen molar-refractivity contribution in [1.29, 1.82) is 0 Å². The molecule has 1 N–H and O–H groups in total. The first-order chi connectivity index (χ1) is 10.5. The zero-order valence-corrected chi connectivity index (χ0v) is 12.4. The van der Waals surface area contributed by atoms with Crippen LogP contribution >= 0.6 is 0 Å². The summed E-state index contributed by atoms with van der Waals surface area (Å²) in [6.07, 6.45) is 0.379. The van der Waals surface area contributed by atoms with Gasteiger partial charge in [0.05, 0.1) is 0 Å². The van der Waals surface area contributed by atoms with Crippen LogP contribution in [-0.2, 0) is 11.2 Å². The maximum absolute atomic E-state index is 13.5. The molecule has 2 aromatic rings. The van der Waals surface area contributed by atoms with Crippen molar-refractivity contribution in [1.82, 2.24) is 25.5 Å². The van der Waals surface area contributed by atoms with Crippen LogP contribution in [0.15, 0.2) is 18.2 Å². The highest BCUT2D eigenvalue weighted by Crippen LogP contribution is 2.14. The molecule has 0 saturated carbocycles. The van der Waals surface area contributed by atoms with Gasteiger partial charge >= 0.3 is 0 Å². The molecule has 8 heteroatoms. The van der Waals surface area contributed by atoms with Gasteiger partial charge in [-0.05, 0) is 18.1 Å². The van der Waals surface area contributed by atoms with Gasteiger partial charge in [-0.1, -0.05) is 18.2 Å². The van der Waals surface area contributed by atoms with Crippen LogP contribution in [0.5, 0.6) is 0 Å². The number of hydrogen-bond donors (Lipinski definition) is 1. The van der Waals surface area contributed by atoms with Crippen LogP contribution in [0.25, 0.3) is 0 Å². The molecule has 6 nitrogen and oxygen atoms in total. The van der Waals surface area contributed by atoms with Gasteiger partial charge in [-0.25, -0.2) is 8.78 Å². The summed E-state index contributed by atoms with van der Waals surface area (Å²) in [4.78, 5) is 13.6. The Morgan fingerprint density at radius 2 is 2.18 bits per heavy atom. The number of H-pyrrole nitrogens is 1. The van der Waals surface area contributed by atoms with Gasteiger partial charge in [0.25, 0.3) is 0 Å². The molecule has 0 bridgehead atoms. The predicted octanol–water partition coefficient (Wildman–Crippen LogP) is 1.67. The summed E-state index contributed by atoms with van der Waals surface area (Å²) in [7, 11) is 1.67. The van der Waals surface area contributed by atoms with Gasteiger partial charge in [0, 0.05) is 32.0 Å². The first-order valence-electron chi connectivity index (χ1n) is 6.88. The number of halogens is 2. The largest absolute Gasteiger partial charge is 0.345 e. The topological polar surface area (TPSA) is 74.8 Å². The third-order valence-electron chi connectivity index (χ3n) is 3.40. The first kappa shape index (κ1) is 16.0. The summed E-state index contributed by atoms with van der Waals surface area (Å²) in [5, 5.41) is 13.6. The van der Waals surface area contributed by atoms with Crippen molar-refractivity contribution in [3.8, 4) is 0 Å². The van der Waals surface area contributed by atoms with Gasteiger partial charge in [-0.15, -0.1) is 10.2 Å². The van der Waals surface area contributed by atoms with Gasteiger partial charge in [0.2, 0.25) is 5.91 Å². The summed E-state index contributed by atoms with van der Waals surface area (Å²) in [5.74, 6) is -0.909. The van der Waals surface area contributed by atoms with Crippen molar-refractivity contribution in [2.45, 2.75) is 25.7 Å². The molecule has 1 atom stereocenters. The van der Waals surface area contributed by atoms with Crippen molar-refractivity contribution in [2.75, 3.05) is 13.6 Å². The van der Waals surface area contributed by atoms with Crippen molar-refractivity contribution in [3.63, 3.8) is 0 Å². The number of aromatic nitrogens is 4. The lowest BCUT2D eigenvalue weighted by Gasteiger charge is -2.20. The van der Waals surface area contributed by atoms with Crippen LogP contribution in [0.4, 0.5) is 8.78 Å². The van der Waals surface area contributed by atoms with Gasteiger partial charge in [0.1, 0.15) is 11.6 Å². The molecular weight excluding hydrogens is 292 g/mol. The van der Waals surface area contributed by atoms with Gasteiger partial charge in [0.15, 0.2) is 5.82 Å². The minimum absolute atomic E-state index is 0.0599. The number of aromatic amines is 1. The molecule has 0 aliphatic rings. The second-order valence-electron chi connectivity index (χ2n) is 5.18. The lowest BCUT2D eigenvalue weighted by atomic mass is 10.1. The SMILES string of the molecule is C[C@H](CN(C)C(=O)CCc1ccc(F)cc1F)c1nn[nH]n1. The van der Waals surface area contributed by atoms with E-state index in [0.29, 0.717) is 17.9 Å². The molecule has 118 valence electrons. The van der Waals surface area contributed by atoms with Crippen LogP contribution in [0.1, 0.15) is 30.7 Å². The van der Waals surface area contributed by atoms with E-state index in [1.54, 1.807) is 11.9 Å². The number of amides is 1. The molecule has 0 unspecified atom stereocenters. The van der Waals surface area contributed by atoms with E-state index in [-0.39, 0.29) is 24.7 Å². The average Bonchev–Trinajstić information content (AvgIpc) is 3.00. The van der Waals surface area contributed by atoms with E-state index in [0.717, 1.165) is 6.07 Å². The molecule has 0 aliphatic carbocycles. The smallest absolute Gasteiger partial charge is 0.222 e. The van der Waals surface area contributed by atoms with Crippen LogP contribution in [0.2, 0.25) is 0 Å². The van der Waals surface area contributed by atoms with Crippen LogP contribution in [0.3, 0.4) is 0 Å². The maximum atomic E-state index is 13.5. The molecule has 22 heavy (non-hydrogen) atoms. The molecule has 0 spiro atoms. The highest BCUT2D eigenvalue weighted by Gasteiger charge is 2.17. The molecule has 1 heterocycles. The summed E-state index contributed by atoms with van der Waals surface area (Å²) in [5.41, 5.74) is 0.328. The number of rotatable bonds is 6. The Hall–Kier alpha value is -2.38. The Kier molecular flexibility index (Phi) is 5.13. The Labute approximate surface area is 126 Å². The van der Waals surface area contributed by atoms with Crippen molar-refractivity contribution in [3.05, 3.63) is 41.2 Å². The number of tetrazole rings is 1. The first-order valence-corrected chi connectivity index (χ1v) is 6.88. The van der Waals surface area contributed by atoms with E-state index >= 15 is 0 Å². The zero-order chi connectivity index (χ0) is 16.1. The Morgan fingerprint density at radius 3 is 2.82 bits per heavy atom. The molecule has 1 aromatic heterocycles. The number of carbonyl (C=O) groups excluding carboxylic acids is 1. The van der Waals surface area contributed by atoms with E-state index in [1.807, 2.05) is 6.92 Å². The zero-order valence-electron chi connectivity index (χ0n) is 12.4. The van der Waals surface area contributed by atoms with E-state index in [9.17, 15) is 13.6 Å². The average molecular weight is 309 g/mol. The molecule has 0 saturated heterocycles. The van der Waals surface area contributed by atoms with Crippen molar-refractivity contribution in [2.24, 2.45) is 0 Å².